The van der Waals surface area contributed by atoms with Gasteiger partial charge in [-0.15, -0.1) is 0 Å². The average molecular weight is 367 g/mol. The zero-order valence-corrected chi connectivity index (χ0v) is 17.3. The number of rotatable bonds is 3. The quantitative estimate of drug-likeness (QED) is 0.685. The molecule has 0 atom stereocenters. The maximum absolute atomic E-state index is 11.1. The van der Waals surface area contributed by atoms with Crippen LogP contribution in [0.5, 0.6) is 5.75 Å². The van der Waals surface area contributed by atoms with Crippen molar-refractivity contribution in [1.82, 2.24) is 0 Å². The van der Waals surface area contributed by atoms with Gasteiger partial charge >= 0.3 is 0 Å². The normalized spacial score (nSPS) is 12.4. The van der Waals surface area contributed by atoms with E-state index >= 15 is 0 Å². The van der Waals surface area contributed by atoms with Crippen LogP contribution in [0, 0.1) is 0 Å². The number of carbonyl (C=O) groups excluding carboxylic acids is 1. The van der Waals surface area contributed by atoms with Crippen molar-refractivity contribution < 1.29 is 9.90 Å². The van der Waals surface area contributed by atoms with E-state index < -0.39 is 0 Å². The molecule has 2 aromatic carbocycles. The third-order valence-electron chi connectivity index (χ3n) is 4.35. The van der Waals surface area contributed by atoms with Crippen molar-refractivity contribution in [2.24, 2.45) is 4.99 Å². The lowest BCUT2D eigenvalue weighted by Gasteiger charge is -2.26. The van der Waals surface area contributed by atoms with Crippen molar-refractivity contribution in [1.29, 1.82) is 0 Å². The van der Waals surface area contributed by atoms with E-state index in [1.807, 2.05) is 18.2 Å². The van der Waals surface area contributed by atoms with E-state index in [0.717, 1.165) is 22.5 Å². The summed E-state index contributed by atoms with van der Waals surface area (Å²) in [4.78, 5) is 15.6. The second kappa shape index (κ2) is 7.55. The van der Waals surface area contributed by atoms with Crippen LogP contribution in [0.3, 0.4) is 0 Å². The van der Waals surface area contributed by atoms with Crippen LogP contribution in [-0.2, 0) is 15.6 Å². The highest BCUT2D eigenvalue weighted by Gasteiger charge is 2.24. The van der Waals surface area contributed by atoms with Gasteiger partial charge in [-0.25, -0.2) is 0 Å². The Kier molecular flexibility index (Phi) is 5.79. The Morgan fingerprint density at radius 1 is 1.00 bits per heavy atom. The van der Waals surface area contributed by atoms with Crippen LogP contribution in [0.25, 0.3) is 0 Å². The van der Waals surface area contributed by atoms with Crippen molar-refractivity contribution in [2.75, 3.05) is 5.32 Å². The SMILES string of the molecule is CC(=O)Nc1ccc(N=Cc2cc(C(C)(C)C)cc(C(C)(C)C)c2O)cc1. The molecule has 0 spiro atoms. The van der Waals surface area contributed by atoms with Gasteiger partial charge in [0.25, 0.3) is 0 Å². The largest absolute Gasteiger partial charge is 0.507 e. The molecule has 0 bridgehead atoms. The second-order valence-electron chi connectivity index (χ2n) is 8.95. The molecule has 0 fully saturated rings. The van der Waals surface area contributed by atoms with E-state index in [1.54, 1.807) is 18.3 Å². The van der Waals surface area contributed by atoms with Gasteiger partial charge in [0.05, 0.1) is 5.69 Å². The third-order valence-corrected chi connectivity index (χ3v) is 4.35. The van der Waals surface area contributed by atoms with Gasteiger partial charge in [-0.05, 0) is 46.7 Å². The van der Waals surface area contributed by atoms with Gasteiger partial charge in [0.2, 0.25) is 5.91 Å². The standard InChI is InChI=1S/C23H30N2O2/c1-15(26)25-19-10-8-18(9-11-19)24-14-16-12-17(22(2,3)4)13-20(21(16)27)23(5,6)7/h8-14,27H,1-7H3,(H,25,26). The van der Waals surface area contributed by atoms with E-state index in [1.165, 1.54) is 6.92 Å². The Balaban J connectivity index is 2.42. The minimum atomic E-state index is -0.173. The molecule has 0 saturated heterocycles. The third kappa shape index (κ3) is 5.43. The number of carbonyl (C=O) groups is 1. The number of amides is 1. The number of phenols is 1. The highest BCUT2D eigenvalue weighted by atomic mass is 16.3. The maximum Gasteiger partial charge on any atom is 0.221 e. The van der Waals surface area contributed by atoms with Crippen LogP contribution in [0.15, 0.2) is 41.4 Å². The first-order chi connectivity index (χ1) is 12.4. The fourth-order valence-electron chi connectivity index (χ4n) is 2.74. The minimum absolute atomic E-state index is 0.0315. The van der Waals surface area contributed by atoms with Gasteiger partial charge in [0.15, 0.2) is 0 Å². The maximum atomic E-state index is 11.1. The number of hydrogen-bond acceptors (Lipinski definition) is 3. The van der Waals surface area contributed by atoms with Gasteiger partial charge < -0.3 is 10.4 Å². The van der Waals surface area contributed by atoms with Crippen LogP contribution in [0.1, 0.15) is 65.2 Å². The molecule has 4 nitrogen and oxygen atoms in total. The number of phenolic OH excluding ortho intramolecular Hbond substituents is 1. The van der Waals surface area contributed by atoms with Gasteiger partial charge in [0, 0.05) is 30.0 Å². The fourth-order valence-corrected chi connectivity index (χ4v) is 2.74. The van der Waals surface area contributed by atoms with E-state index in [2.05, 4.69) is 57.9 Å². The highest BCUT2D eigenvalue weighted by Crippen LogP contribution is 2.37. The van der Waals surface area contributed by atoms with Crippen molar-refractivity contribution in [3.05, 3.63) is 53.1 Å². The zero-order valence-electron chi connectivity index (χ0n) is 17.3. The Bertz CT molecular complexity index is 852. The molecular weight excluding hydrogens is 336 g/mol. The van der Waals surface area contributed by atoms with Crippen LogP contribution >= 0.6 is 0 Å². The number of benzene rings is 2. The molecule has 27 heavy (non-hydrogen) atoms. The monoisotopic (exact) mass is 366 g/mol. The molecule has 0 saturated carbocycles. The summed E-state index contributed by atoms with van der Waals surface area (Å²) in [5.41, 5.74) is 4.06. The lowest BCUT2D eigenvalue weighted by Crippen LogP contribution is -2.17. The Hall–Kier alpha value is -2.62. The Morgan fingerprint density at radius 3 is 2.07 bits per heavy atom. The molecular formula is C23H30N2O2. The van der Waals surface area contributed by atoms with E-state index in [0.29, 0.717) is 5.56 Å². The first-order valence-electron chi connectivity index (χ1n) is 9.17. The zero-order chi connectivity index (χ0) is 20.4. The fraction of sp³-hybridized carbons (Fsp3) is 0.391. The van der Waals surface area contributed by atoms with Crippen molar-refractivity contribution in [3.63, 3.8) is 0 Å². The molecule has 0 radical (unpaired) electrons. The van der Waals surface area contributed by atoms with Gasteiger partial charge in [0.1, 0.15) is 5.75 Å². The summed E-state index contributed by atoms with van der Waals surface area (Å²) < 4.78 is 0. The number of anilines is 1. The Morgan fingerprint density at radius 2 is 1.59 bits per heavy atom. The van der Waals surface area contributed by atoms with Crippen molar-refractivity contribution >= 4 is 23.5 Å². The predicted molar refractivity (Wildman–Crippen MR) is 114 cm³/mol. The number of aliphatic imine (C=N–C) groups is 1. The lowest BCUT2D eigenvalue weighted by atomic mass is 9.79. The van der Waals surface area contributed by atoms with E-state index in [9.17, 15) is 9.90 Å². The summed E-state index contributed by atoms with van der Waals surface area (Å²) in [6, 6.07) is 11.4. The smallest absolute Gasteiger partial charge is 0.221 e. The van der Waals surface area contributed by atoms with Crippen molar-refractivity contribution in [3.8, 4) is 5.75 Å². The summed E-state index contributed by atoms with van der Waals surface area (Å²) in [5.74, 6) is 0.166. The average Bonchev–Trinajstić information content (AvgIpc) is 2.52. The van der Waals surface area contributed by atoms with Crippen LogP contribution in [-0.4, -0.2) is 17.2 Å². The molecule has 0 aromatic heterocycles. The minimum Gasteiger partial charge on any atom is -0.507 e. The molecule has 2 N–H and O–H groups in total. The number of hydrogen-bond donors (Lipinski definition) is 2. The molecule has 0 aliphatic heterocycles. The van der Waals surface area contributed by atoms with Gasteiger partial charge in [-0.2, -0.15) is 0 Å². The van der Waals surface area contributed by atoms with Crippen LogP contribution < -0.4 is 5.32 Å². The summed E-state index contributed by atoms with van der Waals surface area (Å²) in [6.45, 7) is 14.2. The molecule has 0 heterocycles. The van der Waals surface area contributed by atoms with Gasteiger partial charge in [-0.3, -0.25) is 9.79 Å². The van der Waals surface area contributed by atoms with E-state index in [-0.39, 0.29) is 22.5 Å². The Labute approximate surface area is 162 Å². The highest BCUT2D eigenvalue weighted by molar-refractivity contribution is 5.89. The second-order valence-corrected chi connectivity index (χ2v) is 8.95. The lowest BCUT2D eigenvalue weighted by molar-refractivity contribution is -0.114. The molecule has 144 valence electrons. The summed E-state index contributed by atoms with van der Waals surface area (Å²) >= 11 is 0. The molecule has 2 aromatic rings. The predicted octanol–water partition coefficient (Wildman–Crippen LogP) is 5.70. The van der Waals surface area contributed by atoms with Crippen LogP contribution in [0.4, 0.5) is 11.4 Å². The number of aromatic hydroxyl groups is 1. The number of nitrogens with zero attached hydrogens (tertiary/aromatic N) is 1. The molecule has 0 aliphatic carbocycles. The summed E-state index contributed by atoms with van der Waals surface area (Å²) in [7, 11) is 0. The number of nitrogens with one attached hydrogen (secondary N) is 1. The van der Waals surface area contributed by atoms with Gasteiger partial charge in [-0.1, -0.05) is 47.6 Å². The molecule has 2 rings (SSSR count). The molecule has 0 unspecified atom stereocenters. The molecule has 0 aliphatic rings. The molecule has 4 heteroatoms. The van der Waals surface area contributed by atoms with Crippen molar-refractivity contribution in [2.45, 2.75) is 59.3 Å². The van der Waals surface area contributed by atoms with E-state index in [4.69, 9.17) is 0 Å². The summed E-state index contributed by atoms with van der Waals surface area (Å²) in [5, 5.41) is 13.5. The topological polar surface area (TPSA) is 61.7 Å². The first-order valence-corrected chi connectivity index (χ1v) is 9.17. The van der Waals surface area contributed by atoms with Crippen LogP contribution in [0.2, 0.25) is 0 Å². The first kappa shape index (κ1) is 20.7. The molecule has 1 amide bonds. The summed E-state index contributed by atoms with van der Waals surface area (Å²) in [6.07, 6.45) is 1.70.